The molecule has 4 rings (SSSR count). The number of anilines is 1. The lowest BCUT2D eigenvalue weighted by Gasteiger charge is -2.19. The van der Waals surface area contributed by atoms with Gasteiger partial charge in [-0.25, -0.2) is 4.79 Å². The summed E-state index contributed by atoms with van der Waals surface area (Å²) in [7, 11) is 2.37. The van der Waals surface area contributed by atoms with Crippen LogP contribution in [0.15, 0.2) is 70.0 Å². The number of benzene rings is 3. The summed E-state index contributed by atoms with van der Waals surface area (Å²) in [6, 6.07) is 16.3. The van der Waals surface area contributed by atoms with E-state index in [1.54, 1.807) is 54.4 Å². The van der Waals surface area contributed by atoms with Crippen molar-refractivity contribution in [1.82, 2.24) is 0 Å². The summed E-state index contributed by atoms with van der Waals surface area (Å²) in [6.07, 6.45) is 0. The lowest BCUT2D eigenvalue weighted by atomic mass is 10.1. The maximum absolute atomic E-state index is 12.7. The largest absolute Gasteiger partial charge is 0.493 e. The first-order valence-electron chi connectivity index (χ1n) is 10.1. The van der Waals surface area contributed by atoms with Gasteiger partial charge in [-0.3, -0.25) is 0 Å². The molecular weight excluding hydrogens is 460 g/mol. The Morgan fingerprint density at radius 3 is 2.09 bits per heavy atom. The summed E-state index contributed by atoms with van der Waals surface area (Å²) in [5, 5.41) is 0. The first kappa shape index (κ1) is 23.1. The number of hydrogen-bond acceptors (Lipinski definition) is 8. The summed E-state index contributed by atoms with van der Waals surface area (Å²) >= 11 is 0. The van der Waals surface area contributed by atoms with E-state index < -0.39 is 16.0 Å². The van der Waals surface area contributed by atoms with Crippen LogP contribution in [0.5, 0.6) is 23.0 Å². The zero-order valence-corrected chi connectivity index (χ0v) is 19.8. The van der Waals surface area contributed by atoms with E-state index in [0.29, 0.717) is 40.1 Å². The van der Waals surface area contributed by atoms with E-state index >= 15 is 0 Å². The average Bonchev–Trinajstić information content (AvgIpc) is 3.13. The van der Waals surface area contributed by atoms with Crippen molar-refractivity contribution in [3.8, 4) is 23.0 Å². The topological polar surface area (TPSA) is 104 Å². The van der Waals surface area contributed by atoms with Crippen molar-refractivity contribution in [3.63, 3.8) is 0 Å². The number of amidine groups is 1. The zero-order valence-electron chi connectivity index (χ0n) is 18.9. The molecule has 0 atom stereocenters. The number of rotatable bonds is 6. The Hall–Kier alpha value is -4.05. The number of carbonyl (C=O) groups excluding carboxylic acids is 1. The van der Waals surface area contributed by atoms with Crippen LogP contribution >= 0.6 is 0 Å². The first-order chi connectivity index (χ1) is 16.3. The standard InChI is InChI=1S/C24H22N2O7S/c1-26(23-18-7-5-6-8-21(18)34(28,29)25-23)16-9-11-17(12-10-16)33-24(27)15-13-19(30-2)22(32-4)20(14-15)31-3/h5-14H,1-4H3. The van der Waals surface area contributed by atoms with Crippen molar-refractivity contribution in [2.45, 2.75) is 4.90 Å². The summed E-state index contributed by atoms with van der Waals surface area (Å²) in [5.74, 6) is 1.04. The van der Waals surface area contributed by atoms with Crippen LogP contribution in [0.4, 0.5) is 5.69 Å². The highest BCUT2D eigenvalue weighted by molar-refractivity contribution is 7.90. The van der Waals surface area contributed by atoms with Gasteiger partial charge in [0, 0.05) is 18.3 Å². The van der Waals surface area contributed by atoms with Gasteiger partial charge in [0.1, 0.15) is 10.6 Å². The summed E-state index contributed by atoms with van der Waals surface area (Å²) < 4.78 is 49.9. The third-order valence-electron chi connectivity index (χ3n) is 5.27. The fraction of sp³-hybridized carbons (Fsp3) is 0.167. The summed E-state index contributed by atoms with van der Waals surface area (Å²) in [5.41, 5.74) is 1.42. The summed E-state index contributed by atoms with van der Waals surface area (Å²) in [4.78, 5) is 14.6. The predicted molar refractivity (Wildman–Crippen MR) is 126 cm³/mol. The molecule has 0 spiro atoms. The maximum Gasteiger partial charge on any atom is 0.343 e. The van der Waals surface area contributed by atoms with Crippen molar-refractivity contribution in [3.05, 3.63) is 71.8 Å². The minimum atomic E-state index is -3.73. The Morgan fingerprint density at radius 1 is 0.882 bits per heavy atom. The first-order valence-corrected chi connectivity index (χ1v) is 11.5. The quantitative estimate of drug-likeness (QED) is 0.388. The van der Waals surface area contributed by atoms with Crippen LogP contribution in [0.3, 0.4) is 0 Å². The summed E-state index contributed by atoms with van der Waals surface area (Å²) in [6.45, 7) is 0. The van der Waals surface area contributed by atoms with Gasteiger partial charge in [-0.1, -0.05) is 12.1 Å². The van der Waals surface area contributed by atoms with Crippen LogP contribution < -0.4 is 23.8 Å². The zero-order chi connectivity index (χ0) is 24.5. The van der Waals surface area contributed by atoms with Gasteiger partial charge in [0.2, 0.25) is 5.75 Å². The Kier molecular flexibility index (Phi) is 6.16. The number of methoxy groups -OCH3 is 3. The molecule has 0 saturated heterocycles. The molecule has 0 radical (unpaired) electrons. The number of nitrogens with zero attached hydrogens (tertiary/aromatic N) is 2. The van der Waals surface area contributed by atoms with Crippen molar-refractivity contribution in [2.75, 3.05) is 33.3 Å². The molecule has 176 valence electrons. The number of ether oxygens (including phenoxy) is 4. The van der Waals surface area contributed by atoms with Crippen molar-refractivity contribution in [1.29, 1.82) is 0 Å². The van der Waals surface area contributed by atoms with E-state index in [4.69, 9.17) is 18.9 Å². The molecule has 0 bridgehead atoms. The Balaban J connectivity index is 1.55. The minimum absolute atomic E-state index is 0.174. The molecule has 1 aliphatic rings. The number of hydrogen-bond donors (Lipinski definition) is 0. The van der Waals surface area contributed by atoms with Crippen LogP contribution in [0.25, 0.3) is 0 Å². The number of sulfonamides is 1. The van der Waals surface area contributed by atoms with Gasteiger partial charge < -0.3 is 23.8 Å². The third-order valence-corrected chi connectivity index (χ3v) is 6.59. The second-order valence-corrected chi connectivity index (χ2v) is 8.82. The maximum atomic E-state index is 12.7. The average molecular weight is 483 g/mol. The van der Waals surface area contributed by atoms with Crippen molar-refractivity contribution >= 4 is 27.5 Å². The van der Waals surface area contributed by atoms with Gasteiger partial charge in [-0.15, -0.1) is 4.40 Å². The third kappa shape index (κ3) is 4.15. The molecule has 10 heteroatoms. The normalized spacial score (nSPS) is 13.5. The number of carbonyl (C=O) groups is 1. The van der Waals surface area contributed by atoms with E-state index in [1.807, 2.05) is 0 Å². The second kappa shape index (κ2) is 9.06. The Morgan fingerprint density at radius 2 is 1.50 bits per heavy atom. The van der Waals surface area contributed by atoms with Crippen LogP contribution in [0, 0.1) is 0 Å². The van der Waals surface area contributed by atoms with Gasteiger partial charge in [-0.2, -0.15) is 8.42 Å². The molecule has 0 saturated carbocycles. The van der Waals surface area contributed by atoms with Crippen LogP contribution in [-0.4, -0.2) is 48.6 Å². The van der Waals surface area contributed by atoms with Crippen LogP contribution in [-0.2, 0) is 10.0 Å². The van der Waals surface area contributed by atoms with Crippen molar-refractivity contribution < 1.29 is 32.2 Å². The molecule has 3 aromatic rings. The van der Waals surface area contributed by atoms with Crippen LogP contribution in [0.2, 0.25) is 0 Å². The SMILES string of the molecule is COc1cc(C(=O)Oc2ccc(N(C)C3=NS(=O)(=O)c4ccccc43)cc2)cc(OC)c1OC. The van der Waals surface area contributed by atoms with Gasteiger partial charge in [0.05, 0.1) is 26.9 Å². The van der Waals surface area contributed by atoms with E-state index in [9.17, 15) is 13.2 Å². The highest BCUT2D eigenvalue weighted by Gasteiger charge is 2.30. The molecule has 1 heterocycles. The molecule has 34 heavy (non-hydrogen) atoms. The fourth-order valence-corrected chi connectivity index (χ4v) is 4.79. The second-order valence-electron chi connectivity index (χ2n) is 7.24. The molecule has 0 fully saturated rings. The van der Waals surface area contributed by atoms with Gasteiger partial charge in [-0.05, 0) is 48.5 Å². The molecule has 0 unspecified atom stereocenters. The van der Waals surface area contributed by atoms with E-state index in [2.05, 4.69) is 4.40 Å². The van der Waals surface area contributed by atoms with Crippen LogP contribution in [0.1, 0.15) is 15.9 Å². The monoisotopic (exact) mass is 482 g/mol. The highest BCUT2D eigenvalue weighted by atomic mass is 32.2. The van der Waals surface area contributed by atoms with Gasteiger partial charge in [0.15, 0.2) is 17.3 Å². The van der Waals surface area contributed by atoms with Gasteiger partial charge in [0.25, 0.3) is 10.0 Å². The number of fused-ring (bicyclic) bond motifs is 1. The highest BCUT2D eigenvalue weighted by Crippen LogP contribution is 2.38. The Bertz CT molecular complexity index is 1360. The molecule has 0 amide bonds. The Labute approximate surface area is 197 Å². The molecule has 0 N–H and O–H groups in total. The van der Waals surface area contributed by atoms with Gasteiger partial charge >= 0.3 is 5.97 Å². The van der Waals surface area contributed by atoms with Crippen molar-refractivity contribution in [2.24, 2.45) is 4.40 Å². The lowest BCUT2D eigenvalue weighted by Crippen LogP contribution is -2.25. The smallest absolute Gasteiger partial charge is 0.343 e. The van der Waals surface area contributed by atoms with E-state index in [-0.39, 0.29) is 10.5 Å². The molecule has 3 aromatic carbocycles. The predicted octanol–water partition coefficient (Wildman–Crippen LogP) is 3.52. The van der Waals surface area contributed by atoms with E-state index in [1.165, 1.54) is 39.5 Å². The molecule has 1 aliphatic heterocycles. The molecule has 0 aromatic heterocycles. The molecule has 9 nitrogen and oxygen atoms in total. The minimum Gasteiger partial charge on any atom is -0.493 e. The molecular formula is C24H22N2O7S. The lowest BCUT2D eigenvalue weighted by molar-refractivity contribution is 0.0734. The fourth-order valence-electron chi connectivity index (χ4n) is 3.56. The van der Waals surface area contributed by atoms with E-state index in [0.717, 1.165) is 0 Å². The number of esters is 1. The molecule has 0 aliphatic carbocycles.